The summed E-state index contributed by atoms with van der Waals surface area (Å²) in [5.74, 6) is 0. The third kappa shape index (κ3) is 1.23. The van der Waals surface area contributed by atoms with Gasteiger partial charge < -0.3 is 15.1 Å². The lowest BCUT2D eigenvalue weighted by Crippen LogP contribution is -2.29. The molecule has 14 heavy (non-hydrogen) atoms. The number of benzene rings is 1. The summed E-state index contributed by atoms with van der Waals surface area (Å²) in [6, 6.07) is 5.03. The molecule has 2 rings (SSSR count). The van der Waals surface area contributed by atoms with Gasteiger partial charge in [-0.3, -0.25) is 9.59 Å². The molecule has 0 aliphatic carbocycles. The molecule has 2 aromatic rings. The van der Waals surface area contributed by atoms with E-state index < -0.39 is 11.1 Å². The van der Waals surface area contributed by atoms with Crippen molar-refractivity contribution in [2.45, 2.75) is 6.61 Å². The number of fused-ring (bicyclic) bond motifs is 1. The first-order chi connectivity index (χ1) is 6.72. The van der Waals surface area contributed by atoms with Gasteiger partial charge in [-0.05, 0) is 6.07 Å². The number of hydrogen-bond donors (Lipinski definition) is 3. The van der Waals surface area contributed by atoms with E-state index in [1.807, 2.05) is 0 Å². The van der Waals surface area contributed by atoms with Crippen LogP contribution in [-0.4, -0.2) is 15.1 Å². The number of aromatic amines is 2. The molecule has 0 unspecified atom stereocenters. The van der Waals surface area contributed by atoms with Gasteiger partial charge in [-0.25, -0.2) is 0 Å². The highest BCUT2D eigenvalue weighted by atomic mass is 16.3. The third-order valence-electron chi connectivity index (χ3n) is 2.01. The molecular weight excluding hydrogens is 184 g/mol. The molecule has 0 spiro atoms. The SMILES string of the molecule is O=c1[nH]c2cccc(CO)c2[nH]c1=O. The summed E-state index contributed by atoms with van der Waals surface area (Å²) in [6.07, 6.45) is 0. The molecule has 0 saturated heterocycles. The molecule has 0 radical (unpaired) electrons. The normalized spacial score (nSPS) is 10.6. The van der Waals surface area contributed by atoms with Crippen molar-refractivity contribution >= 4 is 11.0 Å². The van der Waals surface area contributed by atoms with Crippen LogP contribution in [0.5, 0.6) is 0 Å². The van der Waals surface area contributed by atoms with Gasteiger partial charge in [0.2, 0.25) is 0 Å². The Morgan fingerprint density at radius 3 is 2.57 bits per heavy atom. The first-order valence-electron chi connectivity index (χ1n) is 4.07. The molecule has 0 atom stereocenters. The van der Waals surface area contributed by atoms with Crippen LogP contribution in [0.15, 0.2) is 27.8 Å². The minimum absolute atomic E-state index is 0.181. The van der Waals surface area contributed by atoms with Crippen LogP contribution in [0.2, 0.25) is 0 Å². The molecule has 0 bridgehead atoms. The molecule has 5 heteroatoms. The largest absolute Gasteiger partial charge is 0.392 e. The molecule has 1 aromatic carbocycles. The monoisotopic (exact) mass is 192 g/mol. The van der Waals surface area contributed by atoms with Crippen molar-refractivity contribution in [2.24, 2.45) is 0 Å². The van der Waals surface area contributed by atoms with E-state index in [2.05, 4.69) is 9.97 Å². The van der Waals surface area contributed by atoms with Gasteiger partial charge in [-0.1, -0.05) is 12.1 Å². The second-order valence-electron chi connectivity index (χ2n) is 2.91. The zero-order valence-electron chi connectivity index (χ0n) is 7.20. The molecule has 72 valence electrons. The Bertz CT molecular complexity index is 582. The fourth-order valence-corrected chi connectivity index (χ4v) is 1.33. The Labute approximate surface area is 78.0 Å². The summed E-state index contributed by atoms with van der Waals surface area (Å²) in [7, 11) is 0. The second kappa shape index (κ2) is 3.12. The highest BCUT2D eigenvalue weighted by molar-refractivity contribution is 5.77. The second-order valence-corrected chi connectivity index (χ2v) is 2.91. The number of aliphatic hydroxyl groups is 1. The topological polar surface area (TPSA) is 85.9 Å². The lowest BCUT2D eigenvalue weighted by molar-refractivity contribution is 0.283. The third-order valence-corrected chi connectivity index (χ3v) is 2.01. The number of rotatable bonds is 1. The minimum atomic E-state index is -0.710. The van der Waals surface area contributed by atoms with Gasteiger partial charge in [0.05, 0.1) is 17.6 Å². The molecule has 0 fully saturated rings. The first kappa shape index (κ1) is 8.71. The number of aromatic nitrogens is 2. The van der Waals surface area contributed by atoms with Crippen LogP contribution in [0.3, 0.4) is 0 Å². The summed E-state index contributed by atoms with van der Waals surface area (Å²) in [6.45, 7) is -0.181. The van der Waals surface area contributed by atoms with Crippen LogP contribution >= 0.6 is 0 Å². The van der Waals surface area contributed by atoms with Crippen LogP contribution in [0.1, 0.15) is 5.56 Å². The highest BCUT2D eigenvalue weighted by Gasteiger charge is 2.02. The standard InChI is InChI=1S/C9H8N2O3/c12-4-5-2-1-3-6-7(5)11-9(14)8(13)10-6/h1-3,12H,4H2,(H,10,13)(H,11,14). The predicted octanol–water partition coefficient (Wildman–Crippen LogP) is -0.291. The molecule has 5 nitrogen and oxygen atoms in total. The number of aliphatic hydroxyl groups excluding tert-OH is 1. The van der Waals surface area contributed by atoms with Crippen molar-refractivity contribution in [3.63, 3.8) is 0 Å². The number of hydrogen-bond acceptors (Lipinski definition) is 3. The molecule has 3 N–H and O–H groups in total. The Morgan fingerprint density at radius 1 is 1.14 bits per heavy atom. The van der Waals surface area contributed by atoms with E-state index >= 15 is 0 Å². The maximum Gasteiger partial charge on any atom is 0.314 e. The minimum Gasteiger partial charge on any atom is -0.392 e. The Morgan fingerprint density at radius 2 is 1.86 bits per heavy atom. The van der Waals surface area contributed by atoms with E-state index in [9.17, 15) is 9.59 Å². The lowest BCUT2D eigenvalue weighted by atomic mass is 10.2. The summed E-state index contributed by atoms with van der Waals surface area (Å²) in [5.41, 5.74) is 0.169. The molecule has 0 saturated carbocycles. The van der Waals surface area contributed by atoms with Crippen molar-refractivity contribution in [1.29, 1.82) is 0 Å². The van der Waals surface area contributed by atoms with E-state index in [-0.39, 0.29) is 6.61 Å². The summed E-state index contributed by atoms with van der Waals surface area (Å²) >= 11 is 0. The Hall–Kier alpha value is -1.88. The van der Waals surface area contributed by atoms with Gasteiger partial charge in [-0.15, -0.1) is 0 Å². The number of H-pyrrole nitrogens is 2. The Kier molecular flexibility index (Phi) is 1.94. The van der Waals surface area contributed by atoms with Crippen molar-refractivity contribution < 1.29 is 5.11 Å². The Balaban J connectivity index is 2.95. The van der Waals surface area contributed by atoms with Crippen LogP contribution in [0.4, 0.5) is 0 Å². The van der Waals surface area contributed by atoms with Crippen molar-refractivity contribution in [1.82, 2.24) is 9.97 Å². The molecule has 0 amide bonds. The first-order valence-corrected chi connectivity index (χ1v) is 4.07. The summed E-state index contributed by atoms with van der Waals surface area (Å²) in [5, 5.41) is 8.98. The van der Waals surface area contributed by atoms with Gasteiger partial charge in [0.25, 0.3) is 0 Å². The van der Waals surface area contributed by atoms with Crippen molar-refractivity contribution in [3.05, 3.63) is 44.5 Å². The van der Waals surface area contributed by atoms with E-state index in [4.69, 9.17) is 5.11 Å². The van der Waals surface area contributed by atoms with E-state index in [0.29, 0.717) is 16.6 Å². The molecule has 1 aromatic heterocycles. The van der Waals surface area contributed by atoms with Gasteiger partial charge in [0, 0.05) is 5.56 Å². The number of para-hydroxylation sites is 1. The number of nitrogens with one attached hydrogen (secondary N) is 2. The van der Waals surface area contributed by atoms with E-state index in [0.717, 1.165) is 0 Å². The fraction of sp³-hybridized carbons (Fsp3) is 0.111. The average Bonchev–Trinajstić information content (AvgIpc) is 2.19. The van der Waals surface area contributed by atoms with Gasteiger partial charge in [0.15, 0.2) is 0 Å². The van der Waals surface area contributed by atoms with Crippen molar-refractivity contribution in [3.8, 4) is 0 Å². The quantitative estimate of drug-likeness (QED) is 0.542. The molecule has 1 heterocycles. The lowest BCUT2D eigenvalue weighted by Gasteiger charge is -2.01. The van der Waals surface area contributed by atoms with Gasteiger partial charge >= 0.3 is 11.1 Å². The van der Waals surface area contributed by atoms with Crippen LogP contribution in [-0.2, 0) is 6.61 Å². The fourth-order valence-electron chi connectivity index (χ4n) is 1.33. The van der Waals surface area contributed by atoms with Crippen LogP contribution in [0.25, 0.3) is 11.0 Å². The van der Waals surface area contributed by atoms with E-state index in [1.165, 1.54) is 0 Å². The van der Waals surface area contributed by atoms with Gasteiger partial charge in [-0.2, -0.15) is 0 Å². The predicted molar refractivity (Wildman–Crippen MR) is 51.1 cm³/mol. The maximum absolute atomic E-state index is 11.0. The summed E-state index contributed by atoms with van der Waals surface area (Å²) < 4.78 is 0. The average molecular weight is 192 g/mol. The zero-order chi connectivity index (χ0) is 10.1. The smallest absolute Gasteiger partial charge is 0.314 e. The highest BCUT2D eigenvalue weighted by Crippen LogP contribution is 2.11. The zero-order valence-corrected chi connectivity index (χ0v) is 7.20. The van der Waals surface area contributed by atoms with Crippen LogP contribution < -0.4 is 11.1 Å². The molecular formula is C9H8N2O3. The molecule has 0 aliphatic heterocycles. The van der Waals surface area contributed by atoms with E-state index in [1.54, 1.807) is 18.2 Å². The maximum atomic E-state index is 11.0. The summed E-state index contributed by atoms with van der Waals surface area (Å²) in [4.78, 5) is 26.8. The van der Waals surface area contributed by atoms with Gasteiger partial charge in [0.1, 0.15) is 0 Å². The van der Waals surface area contributed by atoms with Crippen LogP contribution in [0, 0.1) is 0 Å². The van der Waals surface area contributed by atoms with Crippen molar-refractivity contribution in [2.75, 3.05) is 0 Å². The molecule has 0 aliphatic rings.